The van der Waals surface area contributed by atoms with Crippen molar-refractivity contribution in [2.45, 2.75) is 31.2 Å². The number of ether oxygens (including phenoxy) is 4. The number of fused-ring (bicyclic) bond motifs is 2. The number of likely N-dealkylation sites (N-methyl/N-ethyl adjacent to an activating group) is 1. The van der Waals surface area contributed by atoms with Crippen LogP contribution in [0.3, 0.4) is 0 Å². The molecule has 2 atom stereocenters. The van der Waals surface area contributed by atoms with Crippen LogP contribution in [0.25, 0.3) is 11.4 Å². The Hall–Kier alpha value is -4.04. The number of amides is 2. The maximum absolute atomic E-state index is 12.8. The molecule has 3 aliphatic heterocycles. The Morgan fingerprint density at radius 2 is 1.44 bits per heavy atom. The van der Waals surface area contributed by atoms with Gasteiger partial charge in [0.05, 0.1) is 25.4 Å². The van der Waals surface area contributed by atoms with E-state index in [1.54, 1.807) is 14.2 Å². The fourth-order valence-corrected chi connectivity index (χ4v) is 5.90. The number of hydrogen-bond donors (Lipinski definition) is 2. The Balaban J connectivity index is 1.13. The summed E-state index contributed by atoms with van der Waals surface area (Å²) in [5.74, 6) is 1.02. The van der Waals surface area contributed by atoms with Gasteiger partial charge in [-0.25, -0.2) is 4.79 Å². The third-order valence-corrected chi connectivity index (χ3v) is 8.30. The highest BCUT2D eigenvalue weighted by molar-refractivity contribution is 5.99. The number of hydrogen-bond acceptors (Lipinski definition) is 11. The lowest BCUT2D eigenvalue weighted by Gasteiger charge is -2.34. The van der Waals surface area contributed by atoms with Crippen molar-refractivity contribution < 1.29 is 23.7 Å². The molecule has 3 fully saturated rings. The van der Waals surface area contributed by atoms with E-state index in [2.05, 4.69) is 42.3 Å². The summed E-state index contributed by atoms with van der Waals surface area (Å²) < 4.78 is 22.7. The number of aromatic nitrogens is 3. The molecular formula is C32H42N8O5. The molecule has 0 radical (unpaired) electrons. The molecular weight excluding hydrogens is 576 g/mol. The molecule has 2 N–H and O–H groups in total. The van der Waals surface area contributed by atoms with Crippen molar-refractivity contribution in [1.82, 2.24) is 19.9 Å². The smallest absolute Gasteiger partial charge is 0.323 e. The first-order valence-electron chi connectivity index (χ1n) is 15.5. The number of piperazine rings is 1. The van der Waals surface area contributed by atoms with Crippen LogP contribution in [-0.2, 0) is 14.2 Å². The standard InChI is InChI=1S/C32H42N8O5/c1-38-14-16-39(17-15-38)25-10-8-24(9-11-25)34-31(41)33-23-6-4-22(5-7-23)29-35-30(40-18-26-12-13-27(19-40)44-26)37-32(36-29)45-28(20-42-2)21-43-3/h4-11,26-28H,12-21H2,1-3H3,(H2,33,34,41). The Bertz CT molecular complexity index is 1400. The van der Waals surface area contributed by atoms with Gasteiger partial charge >= 0.3 is 12.0 Å². The number of anilines is 4. The molecule has 240 valence electrons. The molecule has 3 aromatic rings. The minimum absolute atomic E-state index is 0.175. The highest BCUT2D eigenvalue weighted by Gasteiger charge is 2.35. The summed E-state index contributed by atoms with van der Waals surface area (Å²) in [6, 6.07) is 15.2. The molecule has 0 aliphatic carbocycles. The maximum atomic E-state index is 12.8. The van der Waals surface area contributed by atoms with Crippen LogP contribution < -0.4 is 25.2 Å². The topological polar surface area (TPSA) is 126 Å². The van der Waals surface area contributed by atoms with E-state index in [1.807, 2.05) is 48.5 Å². The van der Waals surface area contributed by atoms with Crippen LogP contribution in [0.2, 0.25) is 0 Å². The summed E-state index contributed by atoms with van der Waals surface area (Å²) in [5, 5.41) is 5.82. The summed E-state index contributed by atoms with van der Waals surface area (Å²) in [7, 11) is 5.37. The van der Waals surface area contributed by atoms with Gasteiger partial charge in [0.25, 0.3) is 0 Å². The Kier molecular flexibility index (Phi) is 9.89. The molecule has 3 aliphatic rings. The van der Waals surface area contributed by atoms with Gasteiger partial charge in [0.1, 0.15) is 6.10 Å². The fraction of sp³-hybridized carbons (Fsp3) is 0.500. The summed E-state index contributed by atoms with van der Waals surface area (Å²) in [6.07, 6.45) is 2.05. The Morgan fingerprint density at radius 1 is 0.844 bits per heavy atom. The normalized spacial score (nSPS) is 20.0. The van der Waals surface area contributed by atoms with Crippen molar-refractivity contribution in [1.29, 1.82) is 0 Å². The van der Waals surface area contributed by atoms with Crippen molar-refractivity contribution in [3.05, 3.63) is 48.5 Å². The van der Waals surface area contributed by atoms with Crippen molar-refractivity contribution in [3.8, 4) is 17.4 Å². The monoisotopic (exact) mass is 618 g/mol. The molecule has 3 saturated heterocycles. The molecule has 6 rings (SSSR count). The molecule has 1 aromatic heterocycles. The SMILES string of the molecule is COCC(COC)Oc1nc(-c2ccc(NC(=O)Nc3ccc(N4CCN(C)CC4)cc3)cc2)nc(N2CC3CCC(C2)O3)n1. The summed E-state index contributed by atoms with van der Waals surface area (Å²) in [4.78, 5) is 33.7. The van der Waals surface area contributed by atoms with Gasteiger partial charge in [-0.3, -0.25) is 0 Å². The third kappa shape index (κ3) is 7.98. The van der Waals surface area contributed by atoms with Gasteiger partial charge in [-0.1, -0.05) is 0 Å². The van der Waals surface area contributed by atoms with Gasteiger partial charge in [0.15, 0.2) is 5.82 Å². The van der Waals surface area contributed by atoms with E-state index in [0.717, 1.165) is 69.0 Å². The predicted molar refractivity (Wildman–Crippen MR) is 172 cm³/mol. The average molecular weight is 619 g/mol. The van der Waals surface area contributed by atoms with Crippen LogP contribution >= 0.6 is 0 Å². The van der Waals surface area contributed by atoms with Gasteiger partial charge in [-0.05, 0) is 68.4 Å². The van der Waals surface area contributed by atoms with Crippen LogP contribution in [0.15, 0.2) is 48.5 Å². The molecule has 0 spiro atoms. The largest absolute Gasteiger partial charge is 0.455 e. The first-order valence-corrected chi connectivity index (χ1v) is 15.5. The maximum Gasteiger partial charge on any atom is 0.323 e. The number of rotatable bonds is 11. The van der Waals surface area contributed by atoms with Gasteiger partial charge in [0.2, 0.25) is 5.95 Å². The number of nitrogens with zero attached hydrogens (tertiary/aromatic N) is 6. The molecule has 13 nitrogen and oxygen atoms in total. The van der Waals surface area contributed by atoms with Crippen LogP contribution in [-0.4, -0.2) is 118 Å². The number of carbonyl (C=O) groups is 1. The van der Waals surface area contributed by atoms with Crippen LogP contribution in [0.4, 0.5) is 27.8 Å². The molecule has 4 heterocycles. The lowest BCUT2D eigenvalue weighted by Crippen LogP contribution is -2.44. The van der Waals surface area contributed by atoms with Crippen LogP contribution in [0.5, 0.6) is 6.01 Å². The van der Waals surface area contributed by atoms with E-state index in [4.69, 9.17) is 23.9 Å². The minimum Gasteiger partial charge on any atom is -0.455 e. The van der Waals surface area contributed by atoms with E-state index in [9.17, 15) is 4.79 Å². The Labute approximate surface area is 263 Å². The van der Waals surface area contributed by atoms with E-state index < -0.39 is 0 Å². The second-order valence-electron chi connectivity index (χ2n) is 11.7. The minimum atomic E-state index is -0.378. The number of benzene rings is 2. The van der Waals surface area contributed by atoms with E-state index >= 15 is 0 Å². The number of nitrogens with one attached hydrogen (secondary N) is 2. The van der Waals surface area contributed by atoms with Crippen molar-refractivity contribution in [2.75, 3.05) is 94.2 Å². The summed E-state index contributed by atoms with van der Waals surface area (Å²) in [6.45, 7) is 6.17. The van der Waals surface area contributed by atoms with Gasteiger partial charge in [-0.2, -0.15) is 15.0 Å². The van der Waals surface area contributed by atoms with Crippen molar-refractivity contribution >= 4 is 29.0 Å². The van der Waals surface area contributed by atoms with Gasteiger partial charge in [0, 0.05) is 76.1 Å². The van der Waals surface area contributed by atoms with E-state index in [1.165, 1.54) is 0 Å². The van der Waals surface area contributed by atoms with Gasteiger partial charge < -0.3 is 44.3 Å². The summed E-state index contributed by atoms with van der Waals surface area (Å²) in [5.41, 5.74) is 3.29. The van der Waals surface area contributed by atoms with Crippen molar-refractivity contribution in [3.63, 3.8) is 0 Å². The number of morpholine rings is 1. The van der Waals surface area contributed by atoms with Crippen LogP contribution in [0.1, 0.15) is 12.8 Å². The highest BCUT2D eigenvalue weighted by Crippen LogP contribution is 2.30. The molecule has 45 heavy (non-hydrogen) atoms. The lowest BCUT2D eigenvalue weighted by atomic mass is 10.2. The molecule has 13 heteroatoms. The highest BCUT2D eigenvalue weighted by atomic mass is 16.6. The second kappa shape index (κ2) is 14.4. The molecule has 2 bridgehead atoms. The molecule has 2 unspecified atom stereocenters. The zero-order chi connectivity index (χ0) is 31.2. The number of urea groups is 1. The first-order chi connectivity index (χ1) is 21.9. The number of methoxy groups -OCH3 is 2. The zero-order valence-electron chi connectivity index (χ0n) is 26.1. The molecule has 2 aromatic carbocycles. The average Bonchev–Trinajstić information content (AvgIpc) is 3.39. The quantitative estimate of drug-likeness (QED) is 0.329. The van der Waals surface area contributed by atoms with Crippen LogP contribution in [0, 0.1) is 0 Å². The van der Waals surface area contributed by atoms with Gasteiger partial charge in [-0.15, -0.1) is 0 Å². The van der Waals surface area contributed by atoms with Crippen molar-refractivity contribution in [2.24, 2.45) is 0 Å². The third-order valence-electron chi connectivity index (χ3n) is 8.30. The summed E-state index contributed by atoms with van der Waals surface area (Å²) >= 11 is 0. The molecule has 2 amide bonds. The predicted octanol–water partition coefficient (Wildman–Crippen LogP) is 3.34. The lowest BCUT2D eigenvalue weighted by molar-refractivity contribution is 0.0190. The fourth-order valence-electron chi connectivity index (χ4n) is 5.90. The van der Waals surface area contributed by atoms with E-state index in [0.29, 0.717) is 30.7 Å². The Morgan fingerprint density at radius 3 is 2.04 bits per heavy atom. The second-order valence-corrected chi connectivity index (χ2v) is 11.7. The van der Waals surface area contributed by atoms with E-state index in [-0.39, 0.29) is 30.4 Å². The molecule has 0 saturated carbocycles. The first kappa shape index (κ1) is 31.0. The number of carbonyl (C=O) groups excluding carboxylic acids is 1. The zero-order valence-corrected chi connectivity index (χ0v) is 26.1.